The lowest BCUT2D eigenvalue weighted by Crippen LogP contribution is -2.22. The van der Waals surface area contributed by atoms with Gasteiger partial charge in [-0.2, -0.15) is 0 Å². The lowest BCUT2D eigenvalue weighted by atomic mass is 9.97. The van der Waals surface area contributed by atoms with Crippen LogP contribution in [-0.4, -0.2) is 30.8 Å². The highest BCUT2D eigenvalue weighted by atomic mass is 16.5. The van der Waals surface area contributed by atoms with Crippen molar-refractivity contribution in [2.24, 2.45) is 5.92 Å². The molecule has 0 spiro atoms. The fraction of sp³-hybridized carbons (Fsp3) is 0.533. The Morgan fingerprint density at radius 3 is 2.89 bits per heavy atom. The molecule has 1 aromatic rings. The summed E-state index contributed by atoms with van der Waals surface area (Å²) in [7, 11) is 0. The van der Waals surface area contributed by atoms with Crippen LogP contribution in [0.5, 0.6) is 0 Å². The predicted molar refractivity (Wildman–Crippen MR) is 73.3 cm³/mol. The summed E-state index contributed by atoms with van der Waals surface area (Å²) in [5.74, 6) is -0.101. The van der Waals surface area contributed by atoms with Gasteiger partial charge >= 0.3 is 5.97 Å². The van der Waals surface area contributed by atoms with Crippen molar-refractivity contribution in [3.05, 3.63) is 35.4 Å². The molecule has 0 bridgehead atoms. The standard InChI is InChI=1S/C15H21NO3/c17-15(18)14-3-1-2-13(10-14)11-16-7-4-12-5-8-19-9-6-12/h1-3,10,12,16H,4-9,11H2,(H,17,18). The predicted octanol–water partition coefficient (Wildman–Crippen LogP) is 2.29. The van der Waals surface area contributed by atoms with E-state index in [0.29, 0.717) is 5.56 Å². The highest BCUT2D eigenvalue weighted by molar-refractivity contribution is 5.87. The number of hydrogen-bond donors (Lipinski definition) is 2. The fourth-order valence-corrected chi connectivity index (χ4v) is 2.39. The van der Waals surface area contributed by atoms with Gasteiger partial charge in [0, 0.05) is 19.8 Å². The van der Waals surface area contributed by atoms with Crippen molar-refractivity contribution < 1.29 is 14.6 Å². The minimum absolute atomic E-state index is 0.351. The Morgan fingerprint density at radius 1 is 1.37 bits per heavy atom. The molecule has 1 aromatic carbocycles. The summed E-state index contributed by atoms with van der Waals surface area (Å²) in [6.07, 6.45) is 3.49. The van der Waals surface area contributed by atoms with E-state index in [0.717, 1.165) is 50.6 Å². The van der Waals surface area contributed by atoms with Gasteiger partial charge in [0.1, 0.15) is 0 Å². The molecule has 1 fully saturated rings. The summed E-state index contributed by atoms with van der Waals surface area (Å²) in [5, 5.41) is 12.3. The highest BCUT2D eigenvalue weighted by Crippen LogP contribution is 2.17. The molecule has 2 N–H and O–H groups in total. The van der Waals surface area contributed by atoms with E-state index in [9.17, 15) is 4.79 Å². The van der Waals surface area contributed by atoms with Gasteiger partial charge in [-0.15, -0.1) is 0 Å². The summed E-state index contributed by atoms with van der Waals surface area (Å²) in [6, 6.07) is 7.09. The molecule has 19 heavy (non-hydrogen) atoms. The average molecular weight is 263 g/mol. The van der Waals surface area contributed by atoms with E-state index in [2.05, 4.69) is 5.32 Å². The zero-order chi connectivity index (χ0) is 13.5. The molecule has 1 aliphatic heterocycles. The number of carboxylic acid groups (broad SMARTS) is 1. The largest absolute Gasteiger partial charge is 0.478 e. The van der Waals surface area contributed by atoms with E-state index in [4.69, 9.17) is 9.84 Å². The van der Waals surface area contributed by atoms with Gasteiger partial charge < -0.3 is 15.2 Å². The SMILES string of the molecule is O=C(O)c1cccc(CNCCC2CCOCC2)c1. The molecule has 0 saturated carbocycles. The van der Waals surface area contributed by atoms with Gasteiger partial charge in [-0.05, 0) is 49.4 Å². The fourth-order valence-electron chi connectivity index (χ4n) is 2.39. The molecule has 0 atom stereocenters. The number of ether oxygens (including phenoxy) is 1. The van der Waals surface area contributed by atoms with Crippen LogP contribution in [0.3, 0.4) is 0 Å². The first-order valence-corrected chi connectivity index (χ1v) is 6.86. The van der Waals surface area contributed by atoms with Crippen molar-refractivity contribution in [3.63, 3.8) is 0 Å². The Labute approximate surface area is 113 Å². The molecule has 1 heterocycles. The van der Waals surface area contributed by atoms with E-state index >= 15 is 0 Å². The third kappa shape index (κ3) is 4.65. The summed E-state index contributed by atoms with van der Waals surface area (Å²) >= 11 is 0. The molecule has 0 aliphatic carbocycles. The Kier molecular flexibility index (Phi) is 5.36. The van der Waals surface area contributed by atoms with E-state index in [1.807, 2.05) is 6.07 Å². The van der Waals surface area contributed by atoms with Crippen molar-refractivity contribution >= 4 is 5.97 Å². The Balaban J connectivity index is 1.70. The second-order valence-corrected chi connectivity index (χ2v) is 5.03. The van der Waals surface area contributed by atoms with Gasteiger partial charge in [-0.25, -0.2) is 4.79 Å². The molecular weight excluding hydrogens is 242 g/mol. The van der Waals surface area contributed by atoms with Gasteiger partial charge in [0.05, 0.1) is 5.56 Å². The first-order valence-electron chi connectivity index (χ1n) is 6.86. The molecule has 0 aromatic heterocycles. The van der Waals surface area contributed by atoms with E-state index in [1.54, 1.807) is 18.2 Å². The van der Waals surface area contributed by atoms with Crippen LogP contribution >= 0.6 is 0 Å². The average Bonchev–Trinajstić information content (AvgIpc) is 2.45. The van der Waals surface area contributed by atoms with Crippen molar-refractivity contribution in [3.8, 4) is 0 Å². The van der Waals surface area contributed by atoms with Crippen LogP contribution in [0.15, 0.2) is 24.3 Å². The lowest BCUT2D eigenvalue weighted by molar-refractivity contribution is 0.0639. The zero-order valence-electron chi connectivity index (χ0n) is 11.1. The highest BCUT2D eigenvalue weighted by Gasteiger charge is 2.12. The second kappa shape index (κ2) is 7.26. The molecule has 4 nitrogen and oxygen atoms in total. The third-order valence-electron chi connectivity index (χ3n) is 3.57. The maximum Gasteiger partial charge on any atom is 0.335 e. The van der Waals surface area contributed by atoms with Crippen LogP contribution in [0.4, 0.5) is 0 Å². The smallest absolute Gasteiger partial charge is 0.335 e. The summed E-state index contributed by atoms with van der Waals surface area (Å²) in [4.78, 5) is 10.9. The first kappa shape index (κ1) is 14.0. The van der Waals surface area contributed by atoms with E-state index in [1.165, 1.54) is 6.42 Å². The molecule has 4 heteroatoms. The minimum Gasteiger partial charge on any atom is -0.478 e. The van der Waals surface area contributed by atoms with Gasteiger partial charge in [0.2, 0.25) is 0 Å². The van der Waals surface area contributed by atoms with Crippen molar-refractivity contribution in [2.75, 3.05) is 19.8 Å². The monoisotopic (exact) mass is 263 g/mol. The van der Waals surface area contributed by atoms with Gasteiger partial charge in [-0.3, -0.25) is 0 Å². The van der Waals surface area contributed by atoms with Crippen LogP contribution in [0, 0.1) is 5.92 Å². The quantitative estimate of drug-likeness (QED) is 0.773. The number of rotatable bonds is 6. The lowest BCUT2D eigenvalue weighted by Gasteiger charge is -2.21. The van der Waals surface area contributed by atoms with Crippen LogP contribution in [-0.2, 0) is 11.3 Å². The maximum atomic E-state index is 10.9. The van der Waals surface area contributed by atoms with Gasteiger partial charge in [0.25, 0.3) is 0 Å². The number of nitrogens with one attached hydrogen (secondary N) is 1. The van der Waals surface area contributed by atoms with Gasteiger partial charge in [0.15, 0.2) is 0 Å². The number of carboxylic acids is 1. The van der Waals surface area contributed by atoms with E-state index < -0.39 is 5.97 Å². The summed E-state index contributed by atoms with van der Waals surface area (Å²) in [5.41, 5.74) is 1.37. The third-order valence-corrected chi connectivity index (χ3v) is 3.57. The number of aromatic carboxylic acids is 1. The Hall–Kier alpha value is -1.39. The van der Waals surface area contributed by atoms with Crippen molar-refractivity contribution in [1.29, 1.82) is 0 Å². The van der Waals surface area contributed by atoms with Crippen LogP contribution in [0.1, 0.15) is 35.2 Å². The number of carbonyl (C=O) groups is 1. The normalized spacial score (nSPS) is 16.4. The zero-order valence-corrected chi connectivity index (χ0v) is 11.1. The molecule has 1 saturated heterocycles. The molecule has 0 radical (unpaired) electrons. The number of benzene rings is 1. The molecular formula is C15H21NO3. The van der Waals surface area contributed by atoms with Crippen LogP contribution in [0.25, 0.3) is 0 Å². The minimum atomic E-state index is -0.871. The Bertz CT molecular complexity index is 414. The molecule has 2 rings (SSSR count). The molecule has 1 aliphatic rings. The number of hydrogen-bond acceptors (Lipinski definition) is 3. The first-order chi connectivity index (χ1) is 9.25. The van der Waals surface area contributed by atoms with Crippen LogP contribution < -0.4 is 5.32 Å². The Morgan fingerprint density at radius 2 is 2.16 bits per heavy atom. The van der Waals surface area contributed by atoms with Crippen molar-refractivity contribution in [1.82, 2.24) is 5.32 Å². The summed E-state index contributed by atoms with van der Waals surface area (Å²) in [6.45, 7) is 3.49. The molecule has 0 unspecified atom stereocenters. The van der Waals surface area contributed by atoms with Crippen LogP contribution in [0.2, 0.25) is 0 Å². The molecule has 0 amide bonds. The van der Waals surface area contributed by atoms with E-state index in [-0.39, 0.29) is 0 Å². The maximum absolute atomic E-state index is 10.9. The second-order valence-electron chi connectivity index (χ2n) is 5.03. The topological polar surface area (TPSA) is 58.6 Å². The van der Waals surface area contributed by atoms with Crippen molar-refractivity contribution in [2.45, 2.75) is 25.8 Å². The van der Waals surface area contributed by atoms with Gasteiger partial charge in [-0.1, -0.05) is 12.1 Å². The molecule has 104 valence electrons. The summed E-state index contributed by atoms with van der Waals surface area (Å²) < 4.78 is 5.33.